The molecule has 6 heteroatoms. The summed E-state index contributed by atoms with van der Waals surface area (Å²) >= 11 is 0. The largest absolute Gasteiger partial charge is 0.458 e. The second-order valence-electron chi connectivity index (χ2n) is 16.1. The van der Waals surface area contributed by atoms with Crippen LogP contribution >= 0.6 is 0 Å². The van der Waals surface area contributed by atoms with Crippen molar-refractivity contribution in [2.24, 2.45) is 0 Å². The molecule has 0 saturated carbocycles. The highest BCUT2D eigenvalue weighted by atomic mass is 16.5. The van der Waals surface area contributed by atoms with E-state index >= 15 is 0 Å². The molecule has 0 aromatic rings. The summed E-state index contributed by atoms with van der Waals surface area (Å²) in [7, 11) is 0. The molecule has 330 valence electrons. The molecule has 0 rings (SSSR count). The number of aliphatic hydroxyl groups excluding tert-OH is 2. The van der Waals surface area contributed by atoms with Gasteiger partial charge in [-0.25, -0.2) is 0 Å². The number of carbonyl (C=O) groups excluding carboxylic acids is 2. The van der Waals surface area contributed by atoms with Crippen molar-refractivity contribution in [3.05, 3.63) is 60.8 Å². The van der Waals surface area contributed by atoms with E-state index in [1.54, 1.807) is 0 Å². The summed E-state index contributed by atoms with van der Waals surface area (Å²) in [6, 6.07) is -0.734. The third-order valence-corrected chi connectivity index (χ3v) is 10.6. The van der Waals surface area contributed by atoms with Crippen molar-refractivity contribution in [1.82, 2.24) is 5.32 Å². The van der Waals surface area contributed by atoms with Crippen molar-refractivity contribution in [3.8, 4) is 0 Å². The Bertz CT molecular complexity index is 1030. The number of rotatable bonds is 42. The molecule has 0 bridgehead atoms. The summed E-state index contributed by atoms with van der Waals surface area (Å²) in [5.74, 6) is -0.619. The lowest BCUT2D eigenvalue weighted by Gasteiger charge is -2.23. The maximum Gasteiger partial charge on any atom is 0.306 e. The van der Waals surface area contributed by atoms with Crippen molar-refractivity contribution in [2.45, 2.75) is 244 Å². The predicted molar refractivity (Wildman–Crippen MR) is 245 cm³/mol. The van der Waals surface area contributed by atoms with Gasteiger partial charge in [0.2, 0.25) is 5.91 Å². The molecule has 0 radical (unpaired) electrons. The van der Waals surface area contributed by atoms with E-state index in [-0.39, 0.29) is 24.9 Å². The lowest BCUT2D eigenvalue weighted by Crippen LogP contribution is -2.46. The number of hydrogen-bond acceptors (Lipinski definition) is 5. The van der Waals surface area contributed by atoms with Crippen LogP contribution in [0.4, 0.5) is 0 Å². The molecular weight excluding hydrogens is 707 g/mol. The average molecular weight is 798 g/mol. The van der Waals surface area contributed by atoms with E-state index in [1.807, 2.05) is 12.2 Å². The fourth-order valence-corrected chi connectivity index (χ4v) is 6.94. The molecule has 1 amide bonds. The molecule has 0 spiro atoms. The summed E-state index contributed by atoms with van der Waals surface area (Å²) in [4.78, 5) is 26.0. The number of esters is 1. The van der Waals surface area contributed by atoms with Gasteiger partial charge >= 0.3 is 5.97 Å². The van der Waals surface area contributed by atoms with E-state index in [0.717, 1.165) is 70.6 Å². The fourth-order valence-electron chi connectivity index (χ4n) is 6.94. The highest BCUT2D eigenvalue weighted by molar-refractivity contribution is 5.78. The van der Waals surface area contributed by atoms with Crippen LogP contribution in [0.2, 0.25) is 0 Å². The molecule has 0 heterocycles. The van der Waals surface area contributed by atoms with Crippen molar-refractivity contribution in [2.75, 3.05) is 6.61 Å². The smallest absolute Gasteiger partial charge is 0.306 e. The molecule has 57 heavy (non-hydrogen) atoms. The van der Waals surface area contributed by atoms with Crippen LogP contribution in [-0.2, 0) is 14.3 Å². The quantitative estimate of drug-likeness (QED) is 0.0325. The van der Waals surface area contributed by atoms with Crippen molar-refractivity contribution < 1.29 is 24.5 Å². The van der Waals surface area contributed by atoms with E-state index in [0.29, 0.717) is 19.3 Å². The summed E-state index contributed by atoms with van der Waals surface area (Å²) in [6.45, 7) is 6.31. The van der Waals surface area contributed by atoms with Crippen LogP contribution in [0.5, 0.6) is 0 Å². The zero-order chi connectivity index (χ0) is 41.7. The fraction of sp³-hybridized carbons (Fsp3) is 0.765. The second-order valence-corrected chi connectivity index (χ2v) is 16.1. The van der Waals surface area contributed by atoms with E-state index < -0.39 is 18.2 Å². The number of hydrogen-bond donors (Lipinski definition) is 3. The number of amides is 1. The van der Waals surface area contributed by atoms with E-state index in [4.69, 9.17) is 4.74 Å². The molecule has 0 aliphatic carbocycles. The minimum Gasteiger partial charge on any atom is -0.458 e. The first-order valence-corrected chi connectivity index (χ1v) is 24.0. The van der Waals surface area contributed by atoms with Crippen LogP contribution in [0, 0.1) is 0 Å². The lowest BCUT2D eigenvalue weighted by molar-refractivity contribution is -0.148. The minimum atomic E-state index is -0.812. The Labute approximate surface area is 352 Å². The first-order valence-electron chi connectivity index (χ1n) is 24.0. The van der Waals surface area contributed by atoms with Gasteiger partial charge in [-0.2, -0.15) is 0 Å². The molecule has 3 N–H and O–H groups in total. The van der Waals surface area contributed by atoms with Crippen LogP contribution < -0.4 is 5.32 Å². The van der Waals surface area contributed by atoms with Crippen LogP contribution in [0.25, 0.3) is 0 Å². The molecule has 0 aliphatic rings. The van der Waals surface area contributed by atoms with Gasteiger partial charge in [-0.15, -0.1) is 0 Å². The van der Waals surface area contributed by atoms with Gasteiger partial charge in [0, 0.05) is 6.42 Å². The Morgan fingerprint density at radius 1 is 0.544 bits per heavy atom. The monoisotopic (exact) mass is 798 g/mol. The van der Waals surface area contributed by atoms with Crippen molar-refractivity contribution >= 4 is 11.9 Å². The molecule has 0 aromatic carbocycles. The van der Waals surface area contributed by atoms with Gasteiger partial charge in [-0.3, -0.25) is 9.59 Å². The SMILES string of the molecule is CC/C=C/C/C=C/C/C=C/CCCCCCCCC(=O)OC(/C=C/C/C=C\CCCCCCCC)CC(=O)NC(CO)C(O)CCCCCCCCCCCCC. The number of nitrogens with one attached hydrogen (secondary N) is 1. The normalized spacial score (nSPS) is 13.8. The average Bonchev–Trinajstić information content (AvgIpc) is 3.20. The molecular formula is C51H91NO5. The number of allylic oxidation sites excluding steroid dienone is 9. The van der Waals surface area contributed by atoms with E-state index in [1.165, 1.54) is 109 Å². The van der Waals surface area contributed by atoms with Crippen LogP contribution in [-0.4, -0.2) is 46.9 Å². The van der Waals surface area contributed by atoms with E-state index in [2.05, 4.69) is 74.7 Å². The topological polar surface area (TPSA) is 95.9 Å². The van der Waals surface area contributed by atoms with Gasteiger partial charge in [0.25, 0.3) is 0 Å². The summed E-state index contributed by atoms with van der Waals surface area (Å²) < 4.78 is 5.81. The van der Waals surface area contributed by atoms with Gasteiger partial charge in [0.05, 0.1) is 25.2 Å². The number of aliphatic hydroxyl groups is 2. The highest BCUT2D eigenvalue weighted by Gasteiger charge is 2.23. The van der Waals surface area contributed by atoms with E-state index in [9.17, 15) is 19.8 Å². The summed E-state index contributed by atoms with van der Waals surface area (Å²) in [5.41, 5.74) is 0. The van der Waals surface area contributed by atoms with Gasteiger partial charge < -0.3 is 20.3 Å². The van der Waals surface area contributed by atoms with Gasteiger partial charge in [-0.05, 0) is 70.3 Å². The Hall–Kier alpha value is -2.44. The highest BCUT2D eigenvalue weighted by Crippen LogP contribution is 2.15. The second kappa shape index (κ2) is 44.7. The van der Waals surface area contributed by atoms with Gasteiger partial charge in [0.1, 0.15) is 6.10 Å². The number of ether oxygens (including phenoxy) is 1. The maximum atomic E-state index is 13.1. The van der Waals surface area contributed by atoms with Gasteiger partial charge in [-0.1, -0.05) is 204 Å². The number of carbonyl (C=O) groups is 2. The molecule has 0 aromatic heterocycles. The Morgan fingerprint density at radius 3 is 1.49 bits per heavy atom. The third-order valence-electron chi connectivity index (χ3n) is 10.6. The molecule has 3 unspecified atom stereocenters. The minimum absolute atomic E-state index is 0.0353. The Kier molecular flexibility index (Phi) is 42.7. The lowest BCUT2D eigenvalue weighted by atomic mass is 10.0. The number of unbranched alkanes of at least 4 members (excludes halogenated alkanes) is 22. The van der Waals surface area contributed by atoms with Crippen LogP contribution in [0.1, 0.15) is 226 Å². The summed E-state index contributed by atoms with van der Waals surface area (Å²) in [5, 5.41) is 23.6. The Morgan fingerprint density at radius 2 is 0.982 bits per heavy atom. The zero-order valence-corrected chi connectivity index (χ0v) is 37.5. The molecule has 0 saturated heterocycles. The standard InChI is InChI=1S/C51H91NO5/c1-4-7-10-13-16-19-22-23-24-25-26-29-32-35-38-41-44-51(56)57-47(42-39-36-33-30-27-20-17-14-11-8-5-2)45-50(55)52-48(46-53)49(54)43-40-37-34-31-28-21-18-15-12-9-6-3/h7,10,16,19,23-24,30,33,39,42,47-49,53-54H,4-6,8-9,11-15,17-18,20-22,25-29,31-32,34-38,40-41,43-46H2,1-3H3,(H,52,55)/b10-7+,19-16+,24-23+,33-30-,42-39+. The van der Waals surface area contributed by atoms with Crippen molar-refractivity contribution in [3.63, 3.8) is 0 Å². The first-order chi connectivity index (χ1) is 28.0. The molecule has 0 aliphatic heterocycles. The third kappa shape index (κ3) is 40.1. The predicted octanol–water partition coefficient (Wildman–Crippen LogP) is 14.1. The van der Waals surface area contributed by atoms with Gasteiger partial charge in [0.15, 0.2) is 0 Å². The molecule has 6 nitrogen and oxygen atoms in total. The maximum absolute atomic E-state index is 13.1. The van der Waals surface area contributed by atoms with Crippen molar-refractivity contribution in [1.29, 1.82) is 0 Å². The zero-order valence-electron chi connectivity index (χ0n) is 37.5. The van der Waals surface area contributed by atoms with Crippen LogP contribution in [0.3, 0.4) is 0 Å². The first kappa shape index (κ1) is 54.6. The summed E-state index contributed by atoms with van der Waals surface area (Å²) in [6.07, 6.45) is 54.5. The molecule has 0 fully saturated rings. The Balaban J connectivity index is 4.66. The van der Waals surface area contributed by atoms with Crippen LogP contribution in [0.15, 0.2) is 60.8 Å². The molecule has 3 atom stereocenters.